The van der Waals surface area contributed by atoms with Gasteiger partial charge in [-0.2, -0.15) is 0 Å². The van der Waals surface area contributed by atoms with Gasteiger partial charge < -0.3 is 0 Å². The molecule has 0 heterocycles. The van der Waals surface area contributed by atoms with Crippen molar-refractivity contribution in [3.05, 3.63) is 35.1 Å². The fourth-order valence-corrected chi connectivity index (χ4v) is 6.68. The number of halogens is 3. The predicted molar refractivity (Wildman–Crippen MR) is 112 cm³/mol. The summed E-state index contributed by atoms with van der Waals surface area (Å²) in [5.74, 6) is 1.06. The van der Waals surface area contributed by atoms with Crippen LogP contribution in [0, 0.1) is 47.0 Å². The molecule has 1 aromatic rings. The monoisotopic (exact) mass is 406 g/mol. The highest BCUT2D eigenvalue weighted by Crippen LogP contribution is 2.44. The molecule has 0 atom stereocenters. The zero-order valence-electron chi connectivity index (χ0n) is 17.8. The molecule has 0 N–H and O–H groups in total. The van der Waals surface area contributed by atoms with Gasteiger partial charge in [0.2, 0.25) is 0 Å². The summed E-state index contributed by atoms with van der Waals surface area (Å²) >= 11 is 0. The molecule has 3 heteroatoms. The van der Waals surface area contributed by atoms with E-state index in [0.29, 0.717) is 17.9 Å². The average molecular weight is 407 g/mol. The molecule has 0 aromatic heterocycles. The van der Waals surface area contributed by atoms with E-state index in [9.17, 15) is 13.2 Å². The quantitative estimate of drug-likeness (QED) is 0.417. The van der Waals surface area contributed by atoms with Gasteiger partial charge in [0.1, 0.15) is 0 Å². The van der Waals surface area contributed by atoms with Gasteiger partial charge in [0.25, 0.3) is 0 Å². The number of hydrogen-bond donors (Lipinski definition) is 0. The van der Waals surface area contributed by atoms with Crippen LogP contribution in [0.25, 0.3) is 0 Å². The van der Waals surface area contributed by atoms with Gasteiger partial charge in [-0.15, -0.1) is 0 Å². The van der Waals surface area contributed by atoms with Crippen molar-refractivity contribution >= 4 is 0 Å². The zero-order chi connectivity index (χ0) is 20.2. The molecule has 1 aromatic carbocycles. The second-order valence-corrected chi connectivity index (χ2v) is 10.4. The summed E-state index contributed by atoms with van der Waals surface area (Å²) in [5.41, 5.74) is 0.587. The summed E-state index contributed by atoms with van der Waals surface area (Å²) in [6, 6.07) is 2.32. The van der Waals surface area contributed by atoms with Crippen LogP contribution in [-0.2, 0) is 6.42 Å². The molecule has 0 aliphatic heterocycles. The van der Waals surface area contributed by atoms with Gasteiger partial charge in [-0.3, -0.25) is 0 Å². The van der Waals surface area contributed by atoms with Crippen LogP contribution < -0.4 is 0 Å². The maximum absolute atomic E-state index is 13.4. The van der Waals surface area contributed by atoms with Crippen molar-refractivity contribution in [3.8, 4) is 0 Å². The Morgan fingerprint density at radius 2 is 1.10 bits per heavy atom. The fraction of sp³-hybridized carbons (Fsp3) is 0.769. The second kappa shape index (κ2) is 9.88. The van der Waals surface area contributed by atoms with E-state index in [1.54, 1.807) is 0 Å². The van der Waals surface area contributed by atoms with E-state index < -0.39 is 17.5 Å². The molecule has 0 nitrogen and oxygen atoms in total. The Labute approximate surface area is 174 Å². The van der Waals surface area contributed by atoms with Crippen molar-refractivity contribution in [1.82, 2.24) is 0 Å². The van der Waals surface area contributed by atoms with Gasteiger partial charge in [0, 0.05) is 0 Å². The van der Waals surface area contributed by atoms with Crippen LogP contribution in [0.5, 0.6) is 0 Å². The van der Waals surface area contributed by atoms with E-state index in [1.165, 1.54) is 83.5 Å². The molecule has 3 aliphatic rings. The zero-order valence-corrected chi connectivity index (χ0v) is 17.8. The van der Waals surface area contributed by atoms with E-state index in [2.05, 4.69) is 0 Å². The first-order valence-electron chi connectivity index (χ1n) is 12.2. The van der Waals surface area contributed by atoms with E-state index >= 15 is 0 Å². The molecule has 4 rings (SSSR count). The van der Waals surface area contributed by atoms with Crippen LogP contribution in [0.3, 0.4) is 0 Å². The third kappa shape index (κ3) is 5.58. The lowest BCUT2D eigenvalue weighted by Crippen LogP contribution is -2.26. The summed E-state index contributed by atoms with van der Waals surface area (Å²) in [4.78, 5) is 0. The molecule has 0 bridgehead atoms. The highest BCUT2D eigenvalue weighted by molar-refractivity contribution is 5.19. The van der Waals surface area contributed by atoms with E-state index in [0.717, 1.165) is 42.2 Å². The molecule has 3 fully saturated rings. The highest BCUT2D eigenvalue weighted by Gasteiger charge is 2.31. The molecule has 162 valence electrons. The second-order valence-electron chi connectivity index (χ2n) is 10.4. The van der Waals surface area contributed by atoms with E-state index in [4.69, 9.17) is 0 Å². The molecule has 0 saturated heterocycles. The Bertz CT molecular complexity index is 625. The van der Waals surface area contributed by atoms with Crippen molar-refractivity contribution in [3.63, 3.8) is 0 Å². The third-order valence-corrected chi connectivity index (χ3v) is 8.48. The lowest BCUT2D eigenvalue weighted by Gasteiger charge is -2.38. The molecule has 0 spiro atoms. The first kappa shape index (κ1) is 21.2. The van der Waals surface area contributed by atoms with Crippen LogP contribution in [0.15, 0.2) is 12.1 Å². The predicted octanol–water partition coefficient (Wildman–Crippen LogP) is 8.23. The van der Waals surface area contributed by atoms with Crippen LogP contribution >= 0.6 is 0 Å². The Morgan fingerprint density at radius 3 is 1.66 bits per heavy atom. The lowest BCUT2D eigenvalue weighted by molar-refractivity contribution is 0.135. The minimum Gasteiger partial charge on any atom is -0.204 e. The molecular weight excluding hydrogens is 369 g/mol. The van der Waals surface area contributed by atoms with Crippen molar-refractivity contribution in [1.29, 1.82) is 0 Å². The van der Waals surface area contributed by atoms with Gasteiger partial charge in [-0.25, -0.2) is 13.2 Å². The van der Waals surface area contributed by atoms with Crippen LogP contribution in [0.2, 0.25) is 0 Å². The molecule has 3 aliphatic carbocycles. The van der Waals surface area contributed by atoms with Crippen LogP contribution in [0.4, 0.5) is 13.2 Å². The number of aryl methyl sites for hydroxylation is 1. The summed E-state index contributed by atoms with van der Waals surface area (Å²) in [7, 11) is 0. The van der Waals surface area contributed by atoms with Gasteiger partial charge in [-0.05, 0) is 92.2 Å². The molecular formula is C26H37F3. The molecule has 0 amide bonds. The van der Waals surface area contributed by atoms with Crippen molar-refractivity contribution in [2.75, 3.05) is 0 Å². The van der Waals surface area contributed by atoms with E-state index in [-0.39, 0.29) is 0 Å². The third-order valence-electron chi connectivity index (χ3n) is 8.48. The van der Waals surface area contributed by atoms with Crippen LogP contribution in [-0.4, -0.2) is 0 Å². The largest absolute Gasteiger partial charge is 0.204 e. The maximum Gasteiger partial charge on any atom is 0.194 e. The highest BCUT2D eigenvalue weighted by atomic mass is 19.2. The van der Waals surface area contributed by atoms with Crippen molar-refractivity contribution < 1.29 is 13.2 Å². The Balaban J connectivity index is 1.16. The average Bonchev–Trinajstić information content (AvgIpc) is 3.24. The summed E-state index contributed by atoms with van der Waals surface area (Å²) in [5, 5.41) is 0. The van der Waals surface area contributed by atoms with Gasteiger partial charge in [-0.1, -0.05) is 51.4 Å². The molecule has 0 radical (unpaired) electrons. The number of hydrogen-bond acceptors (Lipinski definition) is 0. The standard InChI is InChI=1S/C26H37F3/c27-24-16-21(17-25(28)26(24)29)6-5-18-7-11-22(12-8-18)23-13-9-20(10-14-23)15-19-3-1-2-4-19/h16-20,22-23H,1-15H2/t18-,20-,22-,23-. The summed E-state index contributed by atoms with van der Waals surface area (Å²) in [6.07, 6.45) is 20.0. The summed E-state index contributed by atoms with van der Waals surface area (Å²) in [6.45, 7) is 0. The topological polar surface area (TPSA) is 0 Å². The van der Waals surface area contributed by atoms with Crippen LogP contribution in [0.1, 0.15) is 95.5 Å². The van der Waals surface area contributed by atoms with Crippen molar-refractivity contribution in [2.24, 2.45) is 29.6 Å². The van der Waals surface area contributed by atoms with Crippen molar-refractivity contribution in [2.45, 2.75) is 96.3 Å². The lowest BCUT2D eigenvalue weighted by atomic mass is 9.67. The minimum atomic E-state index is -1.35. The smallest absolute Gasteiger partial charge is 0.194 e. The molecule has 29 heavy (non-hydrogen) atoms. The Kier molecular flexibility index (Phi) is 7.24. The molecule has 3 saturated carbocycles. The first-order chi connectivity index (χ1) is 14.1. The maximum atomic E-state index is 13.4. The first-order valence-corrected chi connectivity index (χ1v) is 12.2. The summed E-state index contributed by atoms with van der Waals surface area (Å²) < 4.78 is 39.9. The number of rotatable bonds is 6. The molecule has 0 unspecified atom stereocenters. The Morgan fingerprint density at radius 1 is 0.621 bits per heavy atom. The van der Waals surface area contributed by atoms with Gasteiger partial charge in [0.15, 0.2) is 17.5 Å². The Hall–Kier alpha value is -0.990. The van der Waals surface area contributed by atoms with Gasteiger partial charge >= 0.3 is 0 Å². The van der Waals surface area contributed by atoms with E-state index in [1.807, 2.05) is 0 Å². The number of benzene rings is 1. The van der Waals surface area contributed by atoms with Gasteiger partial charge in [0.05, 0.1) is 0 Å². The minimum absolute atomic E-state index is 0.587. The normalized spacial score (nSPS) is 31.3. The SMILES string of the molecule is Fc1cc(CC[C@H]2CC[C@H]([C@H]3CC[C@H](CC4CCCC4)CC3)CC2)cc(F)c1F. The fourth-order valence-electron chi connectivity index (χ4n) is 6.68.